The second kappa shape index (κ2) is 14.6. The Bertz CT molecular complexity index is 723. The molecule has 6 heteroatoms. The SMILES string of the molecule is CCCCCCCCC/C(=C\c1c(C)c(OC)c(OC)c(OC)c1OC)C(=O)OCC. The second-order valence-electron chi connectivity index (χ2n) is 7.43. The average Bonchev–Trinajstić information content (AvgIpc) is 2.77. The summed E-state index contributed by atoms with van der Waals surface area (Å²) in [6.45, 7) is 6.27. The molecule has 0 unspecified atom stereocenters. The summed E-state index contributed by atoms with van der Waals surface area (Å²) >= 11 is 0. The molecule has 0 spiro atoms. The van der Waals surface area contributed by atoms with Gasteiger partial charge in [0.2, 0.25) is 11.5 Å². The summed E-state index contributed by atoms with van der Waals surface area (Å²) in [4.78, 5) is 12.7. The summed E-state index contributed by atoms with van der Waals surface area (Å²) in [6.07, 6.45) is 10.7. The number of methoxy groups -OCH3 is 4. The van der Waals surface area contributed by atoms with Crippen molar-refractivity contribution in [3.05, 3.63) is 16.7 Å². The van der Waals surface area contributed by atoms with Crippen LogP contribution >= 0.6 is 0 Å². The van der Waals surface area contributed by atoms with Gasteiger partial charge in [-0.15, -0.1) is 0 Å². The molecule has 1 aromatic carbocycles. The monoisotopic (exact) mass is 436 g/mol. The molecule has 0 heterocycles. The standard InChI is InChI=1S/C25H40O6/c1-8-10-11-12-13-14-15-16-19(25(26)31-9-2)17-20-18(3)21(27-4)23(29-6)24(30-7)22(20)28-5/h17H,8-16H2,1-7H3/b19-17+. The van der Waals surface area contributed by atoms with Crippen LogP contribution in [0.25, 0.3) is 6.08 Å². The van der Waals surface area contributed by atoms with Crippen LogP contribution < -0.4 is 18.9 Å². The summed E-state index contributed by atoms with van der Waals surface area (Å²) in [7, 11) is 6.25. The molecule has 0 atom stereocenters. The lowest BCUT2D eigenvalue weighted by molar-refractivity contribution is -0.138. The molecule has 176 valence electrons. The van der Waals surface area contributed by atoms with Gasteiger partial charge in [0.05, 0.1) is 35.0 Å². The van der Waals surface area contributed by atoms with E-state index in [9.17, 15) is 4.79 Å². The lowest BCUT2D eigenvalue weighted by atomic mass is 9.98. The van der Waals surface area contributed by atoms with Gasteiger partial charge < -0.3 is 23.7 Å². The van der Waals surface area contributed by atoms with Crippen molar-refractivity contribution in [2.24, 2.45) is 0 Å². The Hall–Kier alpha value is -2.37. The minimum absolute atomic E-state index is 0.302. The fourth-order valence-electron chi connectivity index (χ4n) is 3.69. The van der Waals surface area contributed by atoms with E-state index < -0.39 is 0 Å². The fraction of sp³-hybridized carbons (Fsp3) is 0.640. The number of hydrogen-bond donors (Lipinski definition) is 0. The molecule has 0 N–H and O–H groups in total. The maximum Gasteiger partial charge on any atom is 0.334 e. The Kier molecular flexibility index (Phi) is 12.6. The Morgan fingerprint density at radius 1 is 0.742 bits per heavy atom. The highest BCUT2D eigenvalue weighted by Crippen LogP contribution is 2.50. The molecular weight excluding hydrogens is 396 g/mol. The number of unbranched alkanes of at least 4 members (excludes halogenated alkanes) is 6. The van der Waals surface area contributed by atoms with E-state index >= 15 is 0 Å². The third-order valence-corrected chi connectivity index (χ3v) is 5.33. The van der Waals surface area contributed by atoms with Gasteiger partial charge in [0.15, 0.2) is 11.5 Å². The maximum atomic E-state index is 12.7. The average molecular weight is 437 g/mol. The van der Waals surface area contributed by atoms with E-state index in [1.54, 1.807) is 28.4 Å². The molecule has 0 aliphatic rings. The smallest absolute Gasteiger partial charge is 0.334 e. The van der Waals surface area contributed by atoms with Crippen LogP contribution in [-0.4, -0.2) is 41.0 Å². The van der Waals surface area contributed by atoms with Crippen LogP contribution in [0.4, 0.5) is 0 Å². The Morgan fingerprint density at radius 3 is 1.77 bits per heavy atom. The molecule has 31 heavy (non-hydrogen) atoms. The van der Waals surface area contributed by atoms with Gasteiger partial charge in [-0.25, -0.2) is 4.79 Å². The van der Waals surface area contributed by atoms with Crippen molar-refractivity contribution in [3.8, 4) is 23.0 Å². The fourth-order valence-corrected chi connectivity index (χ4v) is 3.69. The Labute approximate surface area is 187 Å². The number of esters is 1. The molecule has 1 aromatic rings. The van der Waals surface area contributed by atoms with Crippen molar-refractivity contribution < 1.29 is 28.5 Å². The molecule has 1 rings (SSSR count). The molecule has 0 saturated carbocycles. The van der Waals surface area contributed by atoms with Crippen LogP contribution in [0, 0.1) is 6.92 Å². The number of benzene rings is 1. The molecule has 0 bridgehead atoms. The molecular formula is C25H40O6. The van der Waals surface area contributed by atoms with Crippen LogP contribution in [0.1, 0.15) is 76.3 Å². The van der Waals surface area contributed by atoms with Crippen molar-refractivity contribution in [1.82, 2.24) is 0 Å². The lowest BCUT2D eigenvalue weighted by Gasteiger charge is -2.20. The van der Waals surface area contributed by atoms with E-state index in [1.165, 1.54) is 32.1 Å². The summed E-state index contributed by atoms with van der Waals surface area (Å²) in [6, 6.07) is 0. The van der Waals surface area contributed by atoms with Crippen molar-refractivity contribution in [2.45, 2.75) is 72.1 Å². The van der Waals surface area contributed by atoms with Gasteiger partial charge in [-0.1, -0.05) is 45.4 Å². The third-order valence-electron chi connectivity index (χ3n) is 5.33. The Balaban J connectivity index is 3.27. The molecule has 0 fully saturated rings. The van der Waals surface area contributed by atoms with Crippen molar-refractivity contribution >= 4 is 12.0 Å². The zero-order chi connectivity index (χ0) is 23.2. The summed E-state index contributed by atoms with van der Waals surface area (Å²) < 4.78 is 27.6. The zero-order valence-electron chi connectivity index (χ0n) is 20.4. The number of carbonyl (C=O) groups excluding carboxylic acids is 1. The minimum Gasteiger partial charge on any atom is -0.492 e. The third kappa shape index (κ3) is 7.37. The van der Waals surface area contributed by atoms with Gasteiger partial charge in [0.1, 0.15) is 0 Å². The minimum atomic E-state index is -0.302. The number of ether oxygens (including phenoxy) is 5. The van der Waals surface area contributed by atoms with E-state index in [-0.39, 0.29) is 5.97 Å². The van der Waals surface area contributed by atoms with Crippen molar-refractivity contribution in [2.75, 3.05) is 35.0 Å². The molecule has 0 radical (unpaired) electrons. The first-order valence-corrected chi connectivity index (χ1v) is 11.2. The highest BCUT2D eigenvalue weighted by atomic mass is 16.5. The summed E-state index contributed by atoms with van der Waals surface area (Å²) in [5, 5.41) is 0. The van der Waals surface area contributed by atoms with Crippen LogP contribution in [0.2, 0.25) is 0 Å². The predicted octanol–water partition coefficient (Wildman–Crippen LogP) is 6.12. The van der Waals surface area contributed by atoms with E-state index in [1.807, 2.05) is 19.9 Å². The first-order chi connectivity index (χ1) is 15.0. The maximum absolute atomic E-state index is 12.7. The van der Waals surface area contributed by atoms with Gasteiger partial charge in [0.25, 0.3) is 0 Å². The van der Waals surface area contributed by atoms with E-state index in [0.717, 1.165) is 24.0 Å². The van der Waals surface area contributed by atoms with E-state index in [4.69, 9.17) is 23.7 Å². The number of hydrogen-bond acceptors (Lipinski definition) is 6. The zero-order valence-corrected chi connectivity index (χ0v) is 20.4. The van der Waals surface area contributed by atoms with Gasteiger partial charge >= 0.3 is 5.97 Å². The first-order valence-electron chi connectivity index (χ1n) is 11.2. The summed E-state index contributed by atoms with van der Waals surface area (Å²) in [5.74, 6) is 1.63. The molecule has 0 aliphatic carbocycles. The van der Waals surface area contributed by atoms with Gasteiger partial charge in [-0.05, 0) is 32.8 Å². The van der Waals surface area contributed by atoms with Gasteiger partial charge in [-0.2, -0.15) is 0 Å². The first kappa shape index (κ1) is 26.7. The largest absolute Gasteiger partial charge is 0.492 e. The van der Waals surface area contributed by atoms with Crippen LogP contribution in [0.3, 0.4) is 0 Å². The van der Waals surface area contributed by atoms with Gasteiger partial charge in [-0.3, -0.25) is 0 Å². The van der Waals surface area contributed by atoms with Crippen LogP contribution in [0.5, 0.6) is 23.0 Å². The topological polar surface area (TPSA) is 63.2 Å². The molecule has 0 saturated heterocycles. The van der Waals surface area contributed by atoms with E-state index in [0.29, 0.717) is 41.6 Å². The van der Waals surface area contributed by atoms with Crippen molar-refractivity contribution in [3.63, 3.8) is 0 Å². The quantitative estimate of drug-likeness (QED) is 0.188. The van der Waals surface area contributed by atoms with Gasteiger partial charge in [0, 0.05) is 16.7 Å². The number of carbonyl (C=O) groups is 1. The molecule has 6 nitrogen and oxygen atoms in total. The Morgan fingerprint density at radius 2 is 1.26 bits per heavy atom. The van der Waals surface area contributed by atoms with Crippen LogP contribution in [-0.2, 0) is 9.53 Å². The normalized spacial score (nSPS) is 11.3. The number of rotatable bonds is 15. The highest BCUT2D eigenvalue weighted by Gasteiger charge is 2.25. The highest BCUT2D eigenvalue weighted by molar-refractivity contribution is 5.95. The summed E-state index contributed by atoms with van der Waals surface area (Å²) in [5.41, 5.74) is 2.15. The molecule has 0 aliphatic heterocycles. The second-order valence-corrected chi connectivity index (χ2v) is 7.43. The lowest BCUT2D eigenvalue weighted by Crippen LogP contribution is -2.09. The van der Waals surface area contributed by atoms with Crippen LogP contribution in [0.15, 0.2) is 5.57 Å². The predicted molar refractivity (Wildman–Crippen MR) is 125 cm³/mol. The molecule has 0 amide bonds. The van der Waals surface area contributed by atoms with Crippen molar-refractivity contribution in [1.29, 1.82) is 0 Å². The molecule has 0 aromatic heterocycles. The van der Waals surface area contributed by atoms with E-state index in [2.05, 4.69) is 6.92 Å².